The van der Waals surface area contributed by atoms with E-state index in [9.17, 15) is 5.11 Å². The van der Waals surface area contributed by atoms with Crippen LogP contribution in [0.4, 0.5) is 0 Å². The number of aromatic hydroxyl groups is 1. The van der Waals surface area contributed by atoms with Crippen LogP contribution in [0.3, 0.4) is 0 Å². The summed E-state index contributed by atoms with van der Waals surface area (Å²) < 4.78 is 10.2. The molecular weight excluding hydrogens is 246 g/mol. The zero-order valence-corrected chi connectivity index (χ0v) is 11.0. The molecule has 1 aromatic carbocycles. The summed E-state index contributed by atoms with van der Waals surface area (Å²) in [6.45, 7) is 3.33. The third-order valence-corrected chi connectivity index (χ3v) is 3.00. The van der Waals surface area contributed by atoms with Crippen LogP contribution in [0.15, 0.2) is 23.2 Å². The van der Waals surface area contributed by atoms with Crippen molar-refractivity contribution in [2.45, 2.75) is 6.54 Å². The molecule has 0 saturated carbocycles. The van der Waals surface area contributed by atoms with E-state index in [1.807, 2.05) is 11.0 Å². The number of hydrogen-bond donors (Lipinski definition) is 2. The van der Waals surface area contributed by atoms with Crippen molar-refractivity contribution >= 4 is 5.96 Å². The van der Waals surface area contributed by atoms with Gasteiger partial charge >= 0.3 is 0 Å². The number of hydrogen-bond acceptors (Lipinski definition) is 4. The van der Waals surface area contributed by atoms with Crippen LogP contribution >= 0.6 is 0 Å². The van der Waals surface area contributed by atoms with Crippen LogP contribution in [0.25, 0.3) is 0 Å². The van der Waals surface area contributed by atoms with Crippen molar-refractivity contribution in [1.29, 1.82) is 0 Å². The van der Waals surface area contributed by atoms with Gasteiger partial charge in [0, 0.05) is 13.1 Å². The van der Waals surface area contributed by atoms with E-state index < -0.39 is 0 Å². The van der Waals surface area contributed by atoms with Gasteiger partial charge in [0.1, 0.15) is 0 Å². The Morgan fingerprint density at radius 3 is 2.84 bits per heavy atom. The Morgan fingerprint density at radius 2 is 2.21 bits per heavy atom. The van der Waals surface area contributed by atoms with Crippen molar-refractivity contribution in [1.82, 2.24) is 4.90 Å². The Balaban J connectivity index is 1.98. The summed E-state index contributed by atoms with van der Waals surface area (Å²) in [6, 6.07) is 5.20. The largest absolute Gasteiger partial charge is 0.504 e. The third kappa shape index (κ3) is 3.51. The van der Waals surface area contributed by atoms with E-state index in [1.165, 1.54) is 7.11 Å². The summed E-state index contributed by atoms with van der Waals surface area (Å²) in [5.41, 5.74) is 6.81. The first-order valence-electron chi connectivity index (χ1n) is 6.19. The van der Waals surface area contributed by atoms with Crippen LogP contribution in [0.1, 0.15) is 5.56 Å². The zero-order valence-electron chi connectivity index (χ0n) is 11.0. The second-order valence-corrected chi connectivity index (χ2v) is 4.28. The molecule has 1 fully saturated rings. The SMILES string of the molecule is COc1ccc(CN=C(N)N2CCOCC2)cc1O. The summed E-state index contributed by atoms with van der Waals surface area (Å²) in [6.07, 6.45) is 0. The number of phenolic OH excluding ortho intramolecular Hbond substituents is 1. The van der Waals surface area contributed by atoms with Gasteiger partial charge in [0.05, 0.1) is 26.9 Å². The van der Waals surface area contributed by atoms with Crippen molar-refractivity contribution in [3.05, 3.63) is 23.8 Å². The Bertz CT molecular complexity index is 456. The van der Waals surface area contributed by atoms with Gasteiger partial charge in [-0.05, 0) is 17.7 Å². The highest BCUT2D eigenvalue weighted by Gasteiger charge is 2.12. The van der Waals surface area contributed by atoms with Gasteiger partial charge < -0.3 is 25.2 Å². The van der Waals surface area contributed by atoms with Gasteiger partial charge in [0.25, 0.3) is 0 Å². The third-order valence-electron chi connectivity index (χ3n) is 3.00. The first-order valence-corrected chi connectivity index (χ1v) is 6.19. The molecule has 104 valence electrons. The number of aliphatic imine (C=N–C) groups is 1. The van der Waals surface area contributed by atoms with Crippen molar-refractivity contribution in [2.75, 3.05) is 33.4 Å². The Labute approximate surface area is 112 Å². The summed E-state index contributed by atoms with van der Waals surface area (Å²) in [7, 11) is 1.52. The Kier molecular flexibility index (Phi) is 4.46. The number of rotatable bonds is 3. The lowest BCUT2D eigenvalue weighted by Crippen LogP contribution is -2.44. The summed E-state index contributed by atoms with van der Waals surface area (Å²) >= 11 is 0. The smallest absolute Gasteiger partial charge is 0.191 e. The second-order valence-electron chi connectivity index (χ2n) is 4.28. The molecule has 19 heavy (non-hydrogen) atoms. The quantitative estimate of drug-likeness (QED) is 0.616. The maximum Gasteiger partial charge on any atom is 0.191 e. The van der Waals surface area contributed by atoms with Crippen LogP contribution in [0.2, 0.25) is 0 Å². The molecule has 0 aromatic heterocycles. The maximum absolute atomic E-state index is 9.67. The molecule has 6 heteroatoms. The van der Waals surface area contributed by atoms with E-state index in [0.29, 0.717) is 31.5 Å². The molecule has 0 spiro atoms. The number of benzene rings is 1. The van der Waals surface area contributed by atoms with Crippen LogP contribution < -0.4 is 10.5 Å². The van der Waals surface area contributed by atoms with Gasteiger partial charge in [-0.3, -0.25) is 0 Å². The van der Waals surface area contributed by atoms with Crippen molar-refractivity contribution in [2.24, 2.45) is 10.7 Å². The number of nitrogens with two attached hydrogens (primary N) is 1. The molecule has 0 atom stereocenters. The highest BCUT2D eigenvalue weighted by molar-refractivity contribution is 5.78. The maximum atomic E-state index is 9.67. The van der Waals surface area contributed by atoms with E-state index in [-0.39, 0.29) is 5.75 Å². The van der Waals surface area contributed by atoms with Crippen molar-refractivity contribution in [3.8, 4) is 11.5 Å². The van der Waals surface area contributed by atoms with E-state index in [4.69, 9.17) is 15.2 Å². The van der Waals surface area contributed by atoms with E-state index >= 15 is 0 Å². The van der Waals surface area contributed by atoms with E-state index in [1.54, 1.807) is 12.1 Å². The van der Waals surface area contributed by atoms with Gasteiger partial charge in [0.2, 0.25) is 0 Å². The highest BCUT2D eigenvalue weighted by atomic mass is 16.5. The van der Waals surface area contributed by atoms with Gasteiger partial charge in [-0.15, -0.1) is 0 Å². The normalized spacial score (nSPS) is 16.5. The Hall–Kier alpha value is -1.95. The lowest BCUT2D eigenvalue weighted by atomic mass is 10.2. The molecule has 6 nitrogen and oxygen atoms in total. The lowest BCUT2D eigenvalue weighted by molar-refractivity contribution is 0.0674. The molecule has 0 aliphatic carbocycles. The molecule has 1 aliphatic rings. The van der Waals surface area contributed by atoms with E-state index in [0.717, 1.165) is 18.7 Å². The average Bonchev–Trinajstić information content (AvgIpc) is 2.46. The number of morpholine rings is 1. The zero-order chi connectivity index (χ0) is 13.7. The van der Waals surface area contributed by atoms with Crippen molar-refractivity contribution < 1.29 is 14.6 Å². The van der Waals surface area contributed by atoms with Crippen molar-refractivity contribution in [3.63, 3.8) is 0 Å². The second kappa shape index (κ2) is 6.29. The fraction of sp³-hybridized carbons (Fsp3) is 0.462. The molecule has 1 saturated heterocycles. The molecule has 0 radical (unpaired) electrons. The molecule has 1 aliphatic heterocycles. The number of methoxy groups -OCH3 is 1. The molecular formula is C13H19N3O3. The topological polar surface area (TPSA) is 80.3 Å². The molecule has 3 N–H and O–H groups in total. The van der Waals surface area contributed by atoms with Crippen LogP contribution in [0, 0.1) is 0 Å². The Morgan fingerprint density at radius 1 is 1.47 bits per heavy atom. The number of nitrogens with zero attached hydrogens (tertiary/aromatic N) is 2. The molecule has 1 heterocycles. The van der Waals surface area contributed by atoms with Gasteiger partial charge in [-0.25, -0.2) is 4.99 Å². The van der Waals surface area contributed by atoms with Gasteiger partial charge in [0.15, 0.2) is 17.5 Å². The van der Waals surface area contributed by atoms with Crippen LogP contribution in [-0.4, -0.2) is 49.4 Å². The minimum atomic E-state index is 0.111. The lowest BCUT2D eigenvalue weighted by Gasteiger charge is -2.27. The average molecular weight is 265 g/mol. The standard InChI is InChI=1S/C13H19N3O3/c1-18-12-3-2-10(8-11(12)17)9-15-13(14)16-4-6-19-7-5-16/h2-3,8,17H,4-7,9H2,1H3,(H2,14,15). The first kappa shape index (κ1) is 13.5. The highest BCUT2D eigenvalue weighted by Crippen LogP contribution is 2.26. The summed E-state index contributed by atoms with van der Waals surface area (Å²) in [5.74, 6) is 1.08. The minimum Gasteiger partial charge on any atom is -0.504 e. The molecule has 2 rings (SSSR count). The molecule has 1 aromatic rings. The predicted molar refractivity (Wildman–Crippen MR) is 72.4 cm³/mol. The molecule has 0 amide bonds. The number of guanidine groups is 1. The number of ether oxygens (including phenoxy) is 2. The number of phenols is 1. The first-order chi connectivity index (χ1) is 9.20. The minimum absolute atomic E-state index is 0.111. The van der Waals surface area contributed by atoms with Crippen LogP contribution in [-0.2, 0) is 11.3 Å². The van der Waals surface area contributed by atoms with E-state index in [2.05, 4.69) is 4.99 Å². The fourth-order valence-corrected chi connectivity index (χ4v) is 1.90. The predicted octanol–water partition coefficient (Wildman–Crippen LogP) is 0.548. The van der Waals surface area contributed by atoms with Gasteiger partial charge in [-0.2, -0.15) is 0 Å². The van der Waals surface area contributed by atoms with Gasteiger partial charge in [-0.1, -0.05) is 6.07 Å². The molecule has 0 bridgehead atoms. The monoisotopic (exact) mass is 265 g/mol. The molecule has 0 unspecified atom stereocenters. The summed E-state index contributed by atoms with van der Waals surface area (Å²) in [5, 5.41) is 9.67. The summed E-state index contributed by atoms with van der Waals surface area (Å²) in [4.78, 5) is 6.32. The van der Waals surface area contributed by atoms with Crippen LogP contribution in [0.5, 0.6) is 11.5 Å². The fourth-order valence-electron chi connectivity index (χ4n) is 1.90.